The van der Waals surface area contributed by atoms with Crippen LogP contribution < -0.4 is 0 Å². The fourth-order valence-electron chi connectivity index (χ4n) is 1.48. The maximum Gasteiger partial charge on any atom is 0.0700 e. The number of aliphatic hydroxyl groups excluding tert-OH is 2. The average Bonchev–Trinajstić information content (AvgIpc) is 2.54. The van der Waals surface area contributed by atoms with Gasteiger partial charge in [0.25, 0.3) is 0 Å². The molecule has 0 atom stereocenters. The molecule has 2 N–H and O–H groups in total. The Morgan fingerprint density at radius 3 is 1.67 bits per heavy atom. The molecule has 24 heavy (non-hydrogen) atoms. The lowest BCUT2D eigenvalue weighted by atomic mass is 9.84. The van der Waals surface area contributed by atoms with Crippen LogP contribution in [0.2, 0.25) is 0 Å². The van der Waals surface area contributed by atoms with E-state index >= 15 is 0 Å². The molecule has 0 aromatic rings. The number of rotatable bonds is 11. The van der Waals surface area contributed by atoms with E-state index in [4.69, 9.17) is 19.7 Å². The van der Waals surface area contributed by atoms with Gasteiger partial charge in [-0.2, -0.15) is 0 Å². The van der Waals surface area contributed by atoms with Gasteiger partial charge in [0.05, 0.1) is 13.2 Å². The summed E-state index contributed by atoms with van der Waals surface area (Å²) in [5, 5.41) is 16.2. The molecule has 0 aliphatic carbocycles. The van der Waals surface area contributed by atoms with Crippen molar-refractivity contribution in [2.24, 2.45) is 10.8 Å². The van der Waals surface area contributed by atoms with Crippen LogP contribution in [0.1, 0.15) is 80.6 Å². The molecule has 0 fully saturated rings. The van der Waals surface area contributed by atoms with Crippen LogP contribution in [-0.4, -0.2) is 50.4 Å². The van der Waals surface area contributed by atoms with Gasteiger partial charge in [0.1, 0.15) is 0 Å². The molecule has 0 saturated heterocycles. The maximum absolute atomic E-state index is 8.59. The summed E-state index contributed by atoms with van der Waals surface area (Å²) in [5.41, 5.74) is 0.573. The minimum Gasteiger partial charge on any atom is -0.397 e. The summed E-state index contributed by atoms with van der Waals surface area (Å²) in [6.45, 7) is 17.6. The Balaban J connectivity index is -0.000000367. The standard InChI is InChI=1S/C12H26O2.C6H14O.C2H6O/c1-5-6-7-12(2,3)8-9-14-11-10-13-4;1-4-6(2,3)5-7;1-2-3/h5-11H2,1-4H3;7H,4-5H2,1-3H3;3H,2H2,1H3. The van der Waals surface area contributed by atoms with Crippen molar-refractivity contribution in [3.8, 4) is 0 Å². The summed E-state index contributed by atoms with van der Waals surface area (Å²) in [6, 6.07) is 0. The largest absolute Gasteiger partial charge is 0.397 e. The van der Waals surface area contributed by atoms with Gasteiger partial charge in [0.2, 0.25) is 0 Å². The van der Waals surface area contributed by atoms with Crippen LogP contribution in [0, 0.1) is 10.8 Å². The molecule has 0 radical (unpaired) electrons. The van der Waals surface area contributed by atoms with Gasteiger partial charge in [-0.3, -0.25) is 0 Å². The normalized spacial score (nSPS) is 11.2. The predicted octanol–water partition coefficient (Wildman–Crippen LogP) is 4.67. The number of hydrogen-bond donors (Lipinski definition) is 2. The fourth-order valence-corrected chi connectivity index (χ4v) is 1.48. The van der Waals surface area contributed by atoms with Gasteiger partial charge in [-0.05, 0) is 37.0 Å². The summed E-state index contributed by atoms with van der Waals surface area (Å²) in [6.07, 6.45) is 6.11. The van der Waals surface area contributed by atoms with Gasteiger partial charge in [-0.1, -0.05) is 54.4 Å². The van der Waals surface area contributed by atoms with Crippen molar-refractivity contribution in [3.05, 3.63) is 0 Å². The van der Waals surface area contributed by atoms with Crippen molar-refractivity contribution < 1.29 is 19.7 Å². The molecule has 150 valence electrons. The first-order valence-electron chi connectivity index (χ1n) is 9.44. The molecule has 0 unspecified atom stereocenters. The predicted molar refractivity (Wildman–Crippen MR) is 105 cm³/mol. The number of methoxy groups -OCH3 is 1. The van der Waals surface area contributed by atoms with Gasteiger partial charge in [-0.15, -0.1) is 0 Å². The molecule has 0 aliphatic heterocycles. The Kier molecular flexibility index (Phi) is 22.9. The lowest BCUT2D eigenvalue weighted by molar-refractivity contribution is 0.0544. The second kappa shape index (κ2) is 19.2. The van der Waals surface area contributed by atoms with Crippen molar-refractivity contribution in [2.75, 3.05) is 40.1 Å². The summed E-state index contributed by atoms with van der Waals surface area (Å²) < 4.78 is 10.4. The number of aliphatic hydroxyl groups is 2. The van der Waals surface area contributed by atoms with E-state index in [-0.39, 0.29) is 12.0 Å². The van der Waals surface area contributed by atoms with Crippen molar-refractivity contribution in [1.82, 2.24) is 0 Å². The van der Waals surface area contributed by atoms with Crippen LogP contribution in [0.25, 0.3) is 0 Å². The number of hydrogen-bond acceptors (Lipinski definition) is 4. The Morgan fingerprint density at radius 1 is 0.792 bits per heavy atom. The molecule has 0 bridgehead atoms. The Bertz CT molecular complexity index is 222. The van der Waals surface area contributed by atoms with Gasteiger partial charge in [0, 0.05) is 26.9 Å². The molecule has 0 saturated carbocycles. The quantitative estimate of drug-likeness (QED) is 0.532. The highest BCUT2D eigenvalue weighted by atomic mass is 16.5. The minimum absolute atomic E-state index is 0.139. The van der Waals surface area contributed by atoms with E-state index in [0.717, 1.165) is 26.1 Å². The molecule has 0 spiro atoms. The summed E-state index contributed by atoms with van der Waals surface area (Å²) in [4.78, 5) is 0. The highest BCUT2D eigenvalue weighted by molar-refractivity contribution is 4.67. The third-order valence-corrected chi connectivity index (χ3v) is 3.95. The topological polar surface area (TPSA) is 58.9 Å². The fraction of sp³-hybridized carbons (Fsp3) is 1.00. The molecule has 0 amide bonds. The lowest BCUT2D eigenvalue weighted by Gasteiger charge is -2.24. The lowest BCUT2D eigenvalue weighted by Crippen LogP contribution is -2.15. The van der Waals surface area contributed by atoms with Crippen LogP contribution in [-0.2, 0) is 9.47 Å². The van der Waals surface area contributed by atoms with Crippen molar-refractivity contribution in [1.29, 1.82) is 0 Å². The molecule has 0 heterocycles. The van der Waals surface area contributed by atoms with E-state index in [1.165, 1.54) is 19.3 Å². The van der Waals surface area contributed by atoms with E-state index in [0.29, 0.717) is 18.6 Å². The van der Waals surface area contributed by atoms with Crippen LogP contribution >= 0.6 is 0 Å². The first-order chi connectivity index (χ1) is 11.2. The van der Waals surface area contributed by atoms with E-state index in [1.807, 2.05) is 13.8 Å². The van der Waals surface area contributed by atoms with E-state index in [9.17, 15) is 0 Å². The molecule has 0 aliphatic rings. The highest BCUT2D eigenvalue weighted by Crippen LogP contribution is 2.27. The van der Waals surface area contributed by atoms with Gasteiger partial charge in [-0.25, -0.2) is 0 Å². The minimum atomic E-state index is 0.139. The molecular weight excluding hydrogens is 304 g/mol. The third kappa shape index (κ3) is 26.7. The molecular formula is C20H46O4. The Labute approximate surface area is 152 Å². The van der Waals surface area contributed by atoms with E-state index < -0.39 is 0 Å². The zero-order chi connectivity index (χ0) is 19.5. The second-order valence-corrected chi connectivity index (χ2v) is 7.62. The van der Waals surface area contributed by atoms with Crippen molar-refractivity contribution in [3.63, 3.8) is 0 Å². The van der Waals surface area contributed by atoms with Crippen LogP contribution in [0.5, 0.6) is 0 Å². The molecule has 0 rings (SSSR count). The zero-order valence-corrected chi connectivity index (χ0v) is 17.8. The van der Waals surface area contributed by atoms with Gasteiger partial charge < -0.3 is 19.7 Å². The highest BCUT2D eigenvalue weighted by Gasteiger charge is 2.16. The van der Waals surface area contributed by atoms with Crippen molar-refractivity contribution in [2.45, 2.75) is 80.6 Å². The third-order valence-electron chi connectivity index (χ3n) is 3.95. The van der Waals surface area contributed by atoms with Gasteiger partial charge >= 0.3 is 0 Å². The van der Waals surface area contributed by atoms with Crippen LogP contribution in [0.3, 0.4) is 0 Å². The molecule has 4 heteroatoms. The van der Waals surface area contributed by atoms with Crippen molar-refractivity contribution >= 4 is 0 Å². The molecule has 0 aromatic heterocycles. The first kappa shape index (κ1) is 28.6. The van der Waals surface area contributed by atoms with Gasteiger partial charge in [0.15, 0.2) is 0 Å². The molecule has 4 nitrogen and oxygen atoms in total. The first-order valence-corrected chi connectivity index (χ1v) is 9.44. The van der Waals surface area contributed by atoms with Crippen LogP contribution in [0.15, 0.2) is 0 Å². The Hall–Kier alpha value is -0.160. The number of ether oxygens (including phenoxy) is 2. The summed E-state index contributed by atoms with van der Waals surface area (Å²) >= 11 is 0. The van der Waals surface area contributed by atoms with E-state index in [1.54, 1.807) is 14.0 Å². The average molecular weight is 351 g/mol. The summed E-state index contributed by atoms with van der Waals surface area (Å²) in [5.74, 6) is 0. The maximum atomic E-state index is 8.59. The smallest absolute Gasteiger partial charge is 0.0700 e. The monoisotopic (exact) mass is 350 g/mol. The summed E-state index contributed by atoms with van der Waals surface area (Å²) in [7, 11) is 1.70. The van der Waals surface area contributed by atoms with Crippen LogP contribution in [0.4, 0.5) is 0 Å². The number of unbranched alkanes of at least 4 members (excludes halogenated alkanes) is 1. The Morgan fingerprint density at radius 2 is 1.33 bits per heavy atom. The SMILES string of the molecule is CCC(C)(C)CO.CCCCC(C)(C)CCOCCOC.CCO. The molecule has 0 aromatic carbocycles. The zero-order valence-electron chi connectivity index (χ0n) is 17.8. The second-order valence-electron chi connectivity index (χ2n) is 7.62. The van der Waals surface area contributed by atoms with E-state index in [2.05, 4.69) is 27.7 Å².